The maximum atomic E-state index is 11.7. The maximum Gasteiger partial charge on any atom is 0.412 e. The van der Waals surface area contributed by atoms with Crippen molar-refractivity contribution in [1.29, 1.82) is 0 Å². The number of amides is 1. The predicted molar refractivity (Wildman–Crippen MR) is 93.0 cm³/mol. The molecule has 0 spiro atoms. The summed E-state index contributed by atoms with van der Waals surface area (Å²) in [5, 5.41) is 50.3. The highest BCUT2D eigenvalue weighted by molar-refractivity contribution is 5.86. The number of benzene rings is 1. The van der Waals surface area contributed by atoms with Crippen LogP contribution in [0.4, 0.5) is 16.2 Å². The van der Waals surface area contributed by atoms with Crippen LogP contribution in [0.15, 0.2) is 42.2 Å². The van der Waals surface area contributed by atoms with Gasteiger partial charge in [0.2, 0.25) is 6.41 Å². The van der Waals surface area contributed by atoms with Crippen LogP contribution in [0.1, 0.15) is 12.5 Å². The Morgan fingerprint density at radius 3 is 2.58 bits per heavy atom. The van der Waals surface area contributed by atoms with Gasteiger partial charge in [0.05, 0.1) is 0 Å². The molecule has 1 amide bonds. The summed E-state index contributed by atoms with van der Waals surface area (Å²) in [6, 6.07) is 4.77. The molecule has 7 N–H and O–H groups in total. The Labute approximate surface area is 149 Å². The second-order valence-corrected chi connectivity index (χ2v) is 5.18. The number of ether oxygens (including phenoxy) is 2. The fraction of sp³-hybridized carbons (Fsp3) is 0.312. The number of aryl methyl sites for hydroxylation is 1. The molecule has 26 heavy (non-hydrogen) atoms. The van der Waals surface area contributed by atoms with Gasteiger partial charge in [0, 0.05) is 11.4 Å². The maximum absolute atomic E-state index is 11.7. The van der Waals surface area contributed by atoms with Gasteiger partial charge in [-0.15, -0.1) is 0 Å². The average Bonchev–Trinajstić information content (AvgIpc) is 2.61. The van der Waals surface area contributed by atoms with Crippen LogP contribution >= 0.6 is 0 Å². The standard InChI is InChI=1S/C16H22N2O8/c1-9-3-4-11(17-16(24)26-10(2)14(22)7-20)5-13(9)18-15(23)25-8-12(21)6-19/h3-7,10,16-17,19-22,24H,8H2,1-2H3,(H,18,23)/b12-6-,14-7-. The number of carbonyl (C=O) groups is 1. The number of aliphatic hydroxyl groups excluding tert-OH is 5. The van der Waals surface area contributed by atoms with E-state index in [9.17, 15) is 15.0 Å². The molecule has 0 aliphatic carbocycles. The van der Waals surface area contributed by atoms with Gasteiger partial charge < -0.3 is 40.3 Å². The van der Waals surface area contributed by atoms with Crippen molar-refractivity contribution in [2.45, 2.75) is 26.4 Å². The molecular weight excluding hydrogens is 348 g/mol. The lowest BCUT2D eigenvalue weighted by Crippen LogP contribution is -2.28. The largest absolute Gasteiger partial charge is 0.512 e. The van der Waals surface area contributed by atoms with Crippen LogP contribution in [0.5, 0.6) is 0 Å². The molecule has 0 aliphatic heterocycles. The summed E-state index contributed by atoms with van der Waals surface area (Å²) < 4.78 is 9.72. The zero-order chi connectivity index (χ0) is 19.7. The quantitative estimate of drug-likeness (QED) is 0.269. The Morgan fingerprint density at radius 2 is 1.96 bits per heavy atom. The second kappa shape index (κ2) is 10.0. The molecule has 0 aromatic heterocycles. The van der Waals surface area contributed by atoms with Crippen LogP contribution in [0.25, 0.3) is 0 Å². The number of aliphatic hydroxyl groups is 5. The van der Waals surface area contributed by atoms with Crippen molar-refractivity contribution < 1.29 is 39.8 Å². The molecule has 1 rings (SSSR count). The lowest BCUT2D eigenvalue weighted by Gasteiger charge is -2.19. The highest BCUT2D eigenvalue weighted by atomic mass is 16.6. The molecule has 0 bridgehead atoms. The van der Waals surface area contributed by atoms with Gasteiger partial charge in [-0.3, -0.25) is 5.32 Å². The molecule has 0 heterocycles. The van der Waals surface area contributed by atoms with Crippen molar-refractivity contribution in [3.63, 3.8) is 0 Å². The van der Waals surface area contributed by atoms with Gasteiger partial charge in [0.25, 0.3) is 0 Å². The minimum atomic E-state index is -1.50. The van der Waals surface area contributed by atoms with Gasteiger partial charge in [-0.1, -0.05) is 6.07 Å². The molecule has 144 valence electrons. The third-order valence-corrected chi connectivity index (χ3v) is 3.15. The van der Waals surface area contributed by atoms with E-state index in [1.807, 2.05) is 0 Å². The summed E-state index contributed by atoms with van der Waals surface area (Å²) >= 11 is 0. The Balaban J connectivity index is 2.70. The number of nitrogens with one attached hydrogen (secondary N) is 2. The van der Waals surface area contributed by atoms with E-state index in [0.717, 1.165) is 0 Å². The third kappa shape index (κ3) is 6.79. The molecule has 0 saturated heterocycles. The monoisotopic (exact) mass is 370 g/mol. The molecule has 0 aliphatic rings. The van der Waals surface area contributed by atoms with Crippen molar-refractivity contribution in [2.75, 3.05) is 17.2 Å². The first-order valence-electron chi connectivity index (χ1n) is 7.46. The topological polar surface area (TPSA) is 161 Å². The first-order valence-corrected chi connectivity index (χ1v) is 7.46. The summed E-state index contributed by atoms with van der Waals surface area (Å²) in [6.07, 6.45) is -2.44. The normalized spacial score (nSPS) is 14.4. The summed E-state index contributed by atoms with van der Waals surface area (Å²) in [5.41, 5.74) is 1.45. The molecular formula is C16H22N2O8. The van der Waals surface area contributed by atoms with Gasteiger partial charge in [0.15, 0.2) is 18.1 Å². The number of hydrogen-bond acceptors (Lipinski definition) is 9. The predicted octanol–water partition coefficient (Wildman–Crippen LogP) is 2.55. The zero-order valence-electron chi connectivity index (χ0n) is 14.2. The van der Waals surface area contributed by atoms with Crippen molar-refractivity contribution in [3.8, 4) is 0 Å². The van der Waals surface area contributed by atoms with Crippen molar-refractivity contribution in [3.05, 3.63) is 47.8 Å². The molecule has 0 radical (unpaired) electrons. The van der Waals surface area contributed by atoms with Crippen LogP contribution in [0.3, 0.4) is 0 Å². The van der Waals surface area contributed by atoms with E-state index in [1.165, 1.54) is 13.0 Å². The summed E-state index contributed by atoms with van der Waals surface area (Å²) in [7, 11) is 0. The molecule has 10 heteroatoms. The highest BCUT2D eigenvalue weighted by Crippen LogP contribution is 2.21. The minimum Gasteiger partial charge on any atom is -0.512 e. The van der Waals surface area contributed by atoms with Gasteiger partial charge in [-0.25, -0.2) is 4.79 Å². The van der Waals surface area contributed by atoms with Crippen LogP contribution in [-0.4, -0.2) is 50.8 Å². The lowest BCUT2D eigenvalue weighted by atomic mass is 10.2. The van der Waals surface area contributed by atoms with Crippen molar-refractivity contribution in [1.82, 2.24) is 0 Å². The van der Waals surface area contributed by atoms with Crippen LogP contribution in [0, 0.1) is 6.92 Å². The van der Waals surface area contributed by atoms with E-state index in [-0.39, 0.29) is 0 Å². The first-order chi connectivity index (χ1) is 12.3. The molecule has 2 atom stereocenters. The zero-order valence-corrected chi connectivity index (χ0v) is 14.2. The Morgan fingerprint density at radius 1 is 1.27 bits per heavy atom. The number of anilines is 2. The number of carbonyl (C=O) groups excluding carboxylic acids is 1. The smallest absolute Gasteiger partial charge is 0.412 e. The molecule has 2 unspecified atom stereocenters. The Hall–Kier alpha value is -3.11. The molecule has 0 fully saturated rings. The van der Waals surface area contributed by atoms with Crippen LogP contribution in [-0.2, 0) is 9.47 Å². The van der Waals surface area contributed by atoms with Crippen molar-refractivity contribution in [2.24, 2.45) is 0 Å². The third-order valence-electron chi connectivity index (χ3n) is 3.15. The molecule has 1 aromatic carbocycles. The van der Waals surface area contributed by atoms with Gasteiger partial charge in [0.1, 0.15) is 18.6 Å². The fourth-order valence-corrected chi connectivity index (χ4v) is 1.71. The van der Waals surface area contributed by atoms with Gasteiger partial charge in [-0.2, -0.15) is 0 Å². The summed E-state index contributed by atoms with van der Waals surface area (Å²) in [5.74, 6) is -0.970. The Kier molecular flexibility index (Phi) is 8.06. The SMILES string of the molecule is Cc1ccc(NC(O)OC(C)/C(O)=C/O)cc1NC(=O)OC/C(O)=C/O. The van der Waals surface area contributed by atoms with E-state index in [4.69, 9.17) is 20.1 Å². The molecule has 10 nitrogen and oxygen atoms in total. The van der Waals surface area contributed by atoms with E-state index in [0.29, 0.717) is 29.5 Å². The van der Waals surface area contributed by atoms with Crippen molar-refractivity contribution >= 4 is 17.5 Å². The molecule has 1 aromatic rings. The van der Waals surface area contributed by atoms with E-state index in [2.05, 4.69) is 15.4 Å². The van der Waals surface area contributed by atoms with E-state index in [1.54, 1.807) is 19.1 Å². The fourth-order valence-electron chi connectivity index (χ4n) is 1.71. The lowest BCUT2D eigenvalue weighted by molar-refractivity contribution is -0.110. The average molecular weight is 370 g/mol. The molecule has 0 saturated carbocycles. The van der Waals surface area contributed by atoms with Crippen LogP contribution in [0.2, 0.25) is 0 Å². The minimum absolute atomic E-state index is 0.366. The number of hydrogen-bond donors (Lipinski definition) is 7. The summed E-state index contributed by atoms with van der Waals surface area (Å²) in [4.78, 5) is 11.7. The van der Waals surface area contributed by atoms with E-state index < -0.39 is 36.7 Å². The van der Waals surface area contributed by atoms with E-state index >= 15 is 0 Å². The first kappa shape index (κ1) is 20.9. The van der Waals surface area contributed by atoms with Gasteiger partial charge in [-0.05, 0) is 31.5 Å². The Bertz CT molecular complexity index is 674. The summed E-state index contributed by atoms with van der Waals surface area (Å²) in [6.45, 7) is 2.65. The number of rotatable bonds is 8. The van der Waals surface area contributed by atoms with Crippen LogP contribution < -0.4 is 10.6 Å². The highest BCUT2D eigenvalue weighted by Gasteiger charge is 2.15. The van der Waals surface area contributed by atoms with Gasteiger partial charge >= 0.3 is 6.09 Å². The second-order valence-electron chi connectivity index (χ2n) is 5.18.